The normalized spacial score (nSPS) is 11.4. The van der Waals surface area contributed by atoms with Crippen molar-refractivity contribution in [2.45, 2.75) is 33.8 Å². The molecule has 0 saturated heterocycles. The van der Waals surface area contributed by atoms with E-state index in [1.165, 1.54) is 0 Å². The van der Waals surface area contributed by atoms with Crippen molar-refractivity contribution in [3.63, 3.8) is 0 Å². The minimum Gasteiger partial charge on any atom is -0.462 e. The Morgan fingerprint density at radius 3 is 2.31 bits per heavy atom. The summed E-state index contributed by atoms with van der Waals surface area (Å²) in [4.78, 5) is 22.6. The lowest BCUT2D eigenvalue weighted by Gasteiger charge is -2.22. The molecule has 0 aromatic rings. The predicted molar refractivity (Wildman–Crippen MR) is 61.9 cm³/mol. The van der Waals surface area contributed by atoms with Crippen LogP contribution in [0, 0.1) is 5.41 Å². The van der Waals surface area contributed by atoms with E-state index in [0.717, 1.165) is 0 Å². The van der Waals surface area contributed by atoms with Crippen molar-refractivity contribution in [3.05, 3.63) is 0 Å². The molecule has 94 valence electrons. The average molecular weight is 230 g/mol. The Kier molecular flexibility index (Phi) is 6.03. The smallest absolute Gasteiger partial charge is 0.320 e. The molecule has 0 aromatic carbocycles. The van der Waals surface area contributed by atoms with Gasteiger partial charge >= 0.3 is 5.97 Å². The van der Waals surface area contributed by atoms with Crippen LogP contribution in [0.15, 0.2) is 0 Å². The maximum Gasteiger partial charge on any atom is 0.320 e. The molecule has 16 heavy (non-hydrogen) atoms. The lowest BCUT2D eigenvalue weighted by atomic mass is 9.92. The van der Waals surface area contributed by atoms with Gasteiger partial charge in [-0.25, -0.2) is 0 Å². The van der Waals surface area contributed by atoms with Crippen LogP contribution in [0.3, 0.4) is 0 Å². The Bertz CT molecular complexity index is 250. The maximum atomic E-state index is 11.4. The van der Waals surface area contributed by atoms with Gasteiger partial charge in [-0.05, 0) is 27.7 Å². The molecule has 0 radical (unpaired) electrons. The average Bonchev–Trinajstić information content (AvgIpc) is 2.14. The zero-order valence-electron chi connectivity index (χ0n) is 10.7. The molecule has 0 saturated carbocycles. The van der Waals surface area contributed by atoms with Gasteiger partial charge in [0.05, 0.1) is 18.1 Å². The molecular weight excluding hydrogens is 208 g/mol. The zero-order valence-corrected chi connectivity index (χ0v) is 10.7. The molecule has 5 nitrogen and oxygen atoms in total. The molecule has 0 aromatic heterocycles. The molecule has 0 fully saturated rings. The highest BCUT2D eigenvalue weighted by Crippen LogP contribution is 2.12. The van der Waals surface area contributed by atoms with E-state index in [0.29, 0.717) is 6.54 Å². The molecule has 0 aliphatic rings. The van der Waals surface area contributed by atoms with Gasteiger partial charge in [0.2, 0.25) is 5.91 Å². The van der Waals surface area contributed by atoms with Gasteiger partial charge in [-0.3, -0.25) is 9.59 Å². The van der Waals surface area contributed by atoms with Crippen molar-refractivity contribution in [3.8, 4) is 0 Å². The minimum absolute atomic E-state index is 0.0581. The van der Waals surface area contributed by atoms with E-state index < -0.39 is 5.41 Å². The third-order valence-electron chi connectivity index (χ3n) is 2.05. The molecule has 0 heterocycles. The SMILES string of the molecule is CNC(=O)C(C)(C)CNCC(=O)OC(C)C. The van der Waals surface area contributed by atoms with Gasteiger partial charge in [-0.2, -0.15) is 0 Å². The molecule has 0 atom stereocenters. The highest BCUT2D eigenvalue weighted by Gasteiger charge is 2.26. The predicted octanol–water partition coefficient (Wildman–Crippen LogP) is 0.300. The number of rotatable bonds is 6. The summed E-state index contributed by atoms with van der Waals surface area (Å²) < 4.78 is 4.95. The van der Waals surface area contributed by atoms with Crippen molar-refractivity contribution < 1.29 is 14.3 Å². The number of carbonyl (C=O) groups excluding carboxylic acids is 2. The fraction of sp³-hybridized carbons (Fsp3) is 0.818. The number of hydrogen-bond donors (Lipinski definition) is 2. The van der Waals surface area contributed by atoms with Gasteiger partial charge in [-0.1, -0.05) is 0 Å². The van der Waals surface area contributed by atoms with E-state index in [1.807, 2.05) is 13.8 Å². The van der Waals surface area contributed by atoms with Gasteiger partial charge in [0.15, 0.2) is 0 Å². The Labute approximate surface area is 96.9 Å². The molecule has 0 unspecified atom stereocenters. The minimum atomic E-state index is -0.535. The Morgan fingerprint density at radius 1 is 1.31 bits per heavy atom. The van der Waals surface area contributed by atoms with E-state index in [1.54, 1.807) is 20.9 Å². The van der Waals surface area contributed by atoms with Gasteiger partial charge in [0, 0.05) is 13.6 Å². The van der Waals surface area contributed by atoms with Crippen molar-refractivity contribution >= 4 is 11.9 Å². The van der Waals surface area contributed by atoms with Gasteiger partial charge in [-0.15, -0.1) is 0 Å². The lowest BCUT2D eigenvalue weighted by Crippen LogP contribution is -2.43. The van der Waals surface area contributed by atoms with Crippen LogP contribution >= 0.6 is 0 Å². The Balaban J connectivity index is 3.89. The highest BCUT2D eigenvalue weighted by atomic mass is 16.5. The summed E-state index contributed by atoms with van der Waals surface area (Å²) >= 11 is 0. The summed E-state index contributed by atoms with van der Waals surface area (Å²) in [7, 11) is 1.59. The molecule has 0 aliphatic carbocycles. The maximum absolute atomic E-state index is 11.4. The summed E-state index contributed by atoms with van der Waals surface area (Å²) in [6, 6.07) is 0. The third kappa shape index (κ3) is 5.70. The molecule has 0 aliphatic heterocycles. The molecule has 0 rings (SSSR count). The molecule has 0 bridgehead atoms. The van der Waals surface area contributed by atoms with E-state index in [2.05, 4.69) is 10.6 Å². The fourth-order valence-corrected chi connectivity index (χ4v) is 1.20. The summed E-state index contributed by atoms with van der Waals surface area (Å²) in [6.45, 7) is 7.77. The number of esters is 1. The van der Waals surface area contributed by atoms with Gasteiger partial charge in [0.1, 0.15) is 0 Å². The van der Waals surface area contributed by atoms with E-state index in [4.69, 9.17) is 4.74 Å². The summed E-state index contributed by atoms with van der Waals surface area (Å²) in [5, 5.41) is 5.49. The van der Waals surface area contributed by atoms with Crippen molar-refractivity contribution in [1.29, 1.82) is 0 Å². The number of nitrogens with one attached hydrogen (secondary N) is 2. The second-order valence-corrected chi connectivity index (χ2v) is 4.61. The van der Waals surface area contributed by atoms with Crippen LogP contribution in [0.5, 0.6) is 0 Å². The molecular formula is C11H22N2O3. The van der Waals surface area contributed by atoms with Crippen LogP contribution < -0.4 is 10.6 Å². The number of ether oxygens (including phenoxy) is 1. The summed E-state index contributed by atoms with van der Waals surface area (Å²) in [6.07, 6.45) is -0.110. The Hall–Kier alpha value is -1.10. The quantitative estimate of drug-likeness (QED) is 0.644. The van der Waals surface area contributed by atoms with Crippen LogP contribution in [0.2, 0.25) is 0 Å². The summed E-state index contributed by atoms with van der Waals surface area (Å²) in [5.74, 6) is -0.361. The molecule has 2 N–H and O–H groups in total. The van der Waals surface area contributed by atoms with Crippen molar-refractivity contribution in [2.24, 2.45) is 5.41 Å². The number of carbonyl (C=O) groups is 2. The van der Waals surface area contributed by atoms with Crippen LogP contribution in [0.25, 0.3) is 0 Å². The highest BCUT2D eigenvalue weighted by molar-refractivity contribution is 5.81. The number of amides is 1. The van der Waals surface area contributed by atoms with Crippen LogP contribution in [-0.2, 0) is 14.3 Å². The Morgan fingerprint density at radius 2 is 1.88 bits per heavy atom. The third-order valence-corrected chi connectivity index (χ3v) is 2.05. The van der Waals surface area contributed by atoms with E-state index >= 15 is 0 Å². The monoisotopic (exact) mass is 230 g/mol. The van der Waals surface area contributed by atoms with Crippen molar-refractivity contribution in [2.75, 3.05) is 20.1 Å². The number of hydrogen-bond acceptors (Lipinski definition) is 4. The van der Waals surface area contributed by atoms with E-state index in [9.17, 15) is 9.59 Å². The summed E-state index contributed by atoms with van der Waals surface area (Å²) in [5.41, 5.74) is -0.535. The standard InChI is InChI=1S/C11H22N2O3/c1-8(2)16-9(14)6-13-7-11(3,4)10(15)12-5/h8,13H,6-7H2,1-5H3,(H,12,15). The van der Waals surface area contributed by atoms with Crippen LogP contribution in [-0.4, -0.2) is 38.1 Å². The molecule has 1 amide bonds. The van der Waals surface area contributed by atoms with Crippen LogP contribution in [0.4, 0.5) is 0 Å². The van der Waals surface area contributed by atoms with Crippen LogP contribution in [0.1, 0.15) is 27.7 Å². The first kappa shape index (κ1) is 14.9. The zero-order chi connectivity index (χ0) is 12.8. The first-order valence-corrected chi connectivity index (χ1v) is 5.42. The van der Waals surface area contributed by atoms with Gasteiger partial charge in [0.25, 0.3) is 0 Å². The first-order chi connectivity index (χ1) is 7.29. The van der Waals surface area contributed by atoms with E-state index in [-0.39, 0.29) is 24.5 Å². The molecule has 0 spiro atoms. The van der Waals surface area contributed by atoms with Crippen molar-refractivity contribution in [1.82, 2.24) is 10.6 Å². The molecule has 5 heteroatoms. The second kappa shape index (κ2) is 6.48. The fourth-order valence-electron chi connectivity index (χ4n) is 1.20. The second-order valence-electron chi connectivity index (χ2n) is 4.61. The topological polar surface area (TPSA) is 67.4 Å². The lowest BCUT2D eigenvalue weighted by molar-refractivity contribution is -0.146. The first-order valence-electron chi connectivity index (χ1n) is 5.42. The van der Waals surface area contributed by atoms with Gasteiger partial charge < -0.3 is 15.4 Å². The largest absolute Gasteiger partial charge is 0.462 e.